The number of benzene rings is 1. The van der Waals surface area contributed by atoms with Crippen LogP contribution in [-0.2, 0) is 6.42 Å². The summed E-state index contributed by atoms with van der Waals surface area (Å²) in [6, 6.07) is 4.55. The van der Waals surface area contributed by atoms with Gasteiger partial charge in [-0.1, -0.05) is 12.1 Å². The minimum Gasteiger partial charge on any atom is -0.319 e. The highest BCUT2D eigenvalue weighted by molar-refractivity contribution is 5.72. The molecule has 2 aromatic rings. The van der Waals surface area contributed by atoms with Crippen molar-refractivity contribution in [3.8, 4) is 11.1 Å². The molecule has 0 radical (unpaired) electrons. The number of hydrogen-bond donors (Lipinski definition) is 2. The summed E-state index contributed by atoms with van der Waals surface area (Å²) in [5, 5.41) is 10.8. The molecule has 2 rings (SSSR count). The maximum atomic E-state index is 4.46. The number of likely N-dealkylation sites (N-methyl/N-ethyl adjacent to an activating group) is 1. The third kappa shape index (κ3) is 2.71. The lowest BCUT2D eigenvalue weighted by molar-refractivity contribution is 0.773. The average molecular weight is 257 g/mol. The van der Waals surface area contributed by atoms with E-state index in [1.54, 1.807) is 0 Å². The summed E-state index contributed by atoms with van der Waals surface area (Å²) >= 11 is 0. The van der Waals surface area contributed by atoms with E-state index >= 15 is 0 Å². The average Bonchev–Trinajstić information content (AvgIpc) is 2.73. The van der Waals surface area contributed by atoms with Crippen molar-refractivity contribution in [3.63, 3.8) is 0 Å². The Kier molecular flexibility index (Phi) is 4.05. The third-order valence-corrected chi connectivity index (χ3v) is 3.74. The fraction of sp³-hybridized carbons (Fsp3) is 0.438. The highest BCUT2D eigenvalue weighted by atomic mass is 15.1. The van der Waals surface area contributed by atoms with E-state index in [9.17, 15) is 0 Å². The zero-order chi connectivity index (χ0) is 14.0. The van der Waals surface area contributed by atoms with Crippen molar-refractivity contribution in [2.45, 2.75) is 34.1 Å². The first-order chi connectivity index (χ1) is 9.04. The van der Waals surface area contributed by atoms with Crippen LogP contribution in [0, 0.1) is 27.7 Å². The van der Waals surface area contributed by atoms with E-state index in [0.29, 0.717) is 0 Å². The smallest absolute Gasteiger partial charge is 0.0716 e. The van der Waals surface area contributed by atoms with Crippen LogP contribution in [0.25, 0.3) is 11.1 Å². The number of H-pyrrole nitrogens is 1. The summed E-state index contributed by atoms with van der Waals surface area (Å²) in [4.78, 5) is 0. The van der Waals surface area contributed by atoms with Gasteiger partial charge in [-0.15, -0.1) is 0 Å². The van der Waals surface area contributed by atoms with Crippen LogP contribution in [0.4, 0.5) is 0 Å². The maximum Gasteiger partial charge on any atom is 0.0716 e. The predicted molar refractivity (Wildman–Crippen MR) is 80.6 cm³/mol. The fourth-order valence-corrected chi connectivity index (χ4v) is 2.49. The molecule has 3 heteroatoms. The lowest BCUT2D eigenvalue weighted by Crippen LogP contribution is -2.11. The van der Waals surface area contributed by atoms with Gasteiger partial charge in [-0.3, -0.25) is 5.10 Å². The lowest BCUT2D eigenvalue weighted by atomic mass is 9.93. The summed E-state index contributed by atoms with van der Waals surface area (Å²) in [5.41, 5.74) is 8.88. The molecule has 0 saturated heterocycles. The molecule has 0 bridgehead atoms. The van der Waals surface area contributed by atoms with Gasteiger partial charge < -0.3 is 5.32 Å². The van der Waals surface area contributed by atoms with E-state index in [1.165, 1.54) is 27.8 Å². The fourth-order valence-electron chi connectivity index (χ4n) is 2.49. The van der Waals surface area contributed by atoms with E-state index in [2.05, 4.69) is 55.3 Å². The normalized spacial score (nSPS) is 11.0. The highest BCUT2D eigenvalue weighted by Gasteiger charge is 2.14. The van der Waals surface area contributed by atoms with E-state index in [4.69, 9.17) is 0 Å². The molecular formula is C16H23N3. The standard InChI is InChI=1S/C16H23N3/c1-10-8-12(3)14(9-11(10)2)16-13(4)18-19-15(16)6-7-17-5/h8-9,17H,6-7H2,1-5H3,(H,18,19). The second-order valence-corrected chi connectivity index (χ2v) is 5.28. The van der Waals surface area contributed by atoms with Crippen LogP contribution in [0.15, 0.2) is 12.1 Å². The van der Waals surface area contributed by atoms with E-state index in [0.717, 1.165) is 24.4 Å². The quantitative estimate of drug-likeness (QED) is 0.883. The van der Waals surface area contributed by atoms with Gasteiger partial charge in [0.15, 0.2) is 0 Å². The molecule has 0 aliphatic carbocycles. The predicted octanol–water partition coefficient (Wildman–Crippen LogP) is 3.07. The minimum atomic E-state index is 0.946. The molecule has 2 N–H and O–H groups in total. The van der Waals surface area contributed by atoms with Crippen LogP contribution < -0.4 is 5.32 Å². The molecule has 0 aliphatic rings. The van der Waals surface area contributed by atoms with Crippen molar-refractivity contribution in [1.29, 1.82) is 0 Å². The van der Waals surface area contributed by atoms with Gasteiger partial charge in [0.25, 0.3) is 0 Å². The lowest BCUT2D eigenvalue weighted by Gasteiger charge is -2.11. The first-order valence-corrected chi connectivity index (χ1v) is 6.81. The van der Waals surface area contributed by atoms with Crippen molar-refractivity contribution < 1.29 is 0 Å². The first kappa shape index (κ1) is 13.8. The van der Waals surface area contributed by atoms with Crippen LogP contribution in [0.3, 0.4) is 0 Å². The molecule has 0 atom stereocenters. The van der Waals surface area contributed by atoms with Gasteiger partial charge in [0.1, 0.15) is 0 Å². The van der Waals surface area contributed by atoms with Crippen LogP contribution >= 0.6 is 0 Å². The van der Waals surface area contributed by atoms with Gasteiger partial charge in [0.2, 0.25) is 0 Å². The van der Waals surface area contributed by atoms with Crippen molar-refractivity contribution in [1.82, 2.24) is 15.5 Å². The Hall–Kier alpha value is -1.61. The van der Waals surface area contributed by atoms with Crippen molar-refractivity contribution >= 4 is 0 Å². The Morgan fingerprint density at radius 1 is 1.05 bits per heavy atom. The number of aromatic nitrogens is 2. The zero-order valence-corrected chi connectivity index (χ0v) is 12.5. The molecule has 3 nitrogen and oxygen atoms in total. The number of hydrogen-bond acceptors (Lipinski definition) is 2. The SMILES string of the molecule is CNCCc1n[nH]c(C)c1-c1cc(C)c(C)cc1C. The van der Waals surface area contributed by atoms with Crippen molar-refractivity contribution in [3.05, 3.63) is 40.2 Å². The first-order valence-electron chi connectivity index (χ1n) is 6.81. The molecule has 0 fully saturated rings. The highest BCUT2D eigenvalue weighted by Crippen LogP contribution is 2.31. The Morgan fingerprint density at radius 2 is 1.74 bits per heavy atom. The molecule has 0 aliphatic heterocycles. The Labute approximate surface area is 115 Å². The molecule has 0 spiro atoms. The van der Waals surface area contributed by atoms with Crippen molar-refractivity contribution in [2.24, 2.45) is 0 Å². The summed E-state index contributed by atoms with van der Waals surface area (Å²) in [5.74, 6) is 0. The van der Waals surface area contributed by atoms with Crippen LogP contribution in [0.2, 0.25) is 0 Å². The van der Waals surface area contributed by atoms with Gasteiger partial charge in [-0.05, 0) is 57.0 Å². The number of aromatic amines is 1. The van der Waals surface area contributed by atoms with Crippen LogP contribution in [0.5, 0.6) is 0 Å². The van der Waals surface area contributed by atoms with E-state index < -0.39 is 0 Å². The number of nitrogens with one attached hydrogen (secondary N) is 2. The second kappa shape index (κ2) is 5.57. The number of nitrogens with zero attached hydrogens (tertiary/aromatic N) is 1. The monoisotopic (exact) mass is 257 g/mol. The summed E-state index contributed by atoms with van der Waals surface area (Å²) < 4.78 is 0. The van der Waals surface area contributed by atoms with Gasteiger partial charge in [0.05, 0.1) is 5.69 Å². The minimum absolute atomic E-state index is 0.946. The third-order valence-electron chi connectivity index (χ3n) is 3.74. The van der Waals surface area contributed by atoms with Crippen molar-refractivity contribution in [2.75, 3.05) is 13.6 Å². The summed E-state index contributed by atoms with van der Waals surface area (Å²) in [6.45, 7) is 9.55. The Balaban J connectivity index is 2.52. The Morgan fingerprint density at radius 3 is 2.42 bits per heavy atom. The van der Waals surface area contributed by atoms with Gasteiger partial charge in [-0.2, -0.15) is 5.10 Å². The van der Waals surface area contributed by atoms with Gasteiger partial charge in [0, 0.05) is 24.2 Å². The maximum absolute atomic E-state index is 4.46. The number of aryl methyl sites for hydroxylation is 4. The molecule has 0 amide bonds. The van der Waals surface area contributed by atoms with E-state index in [-0.39, 0.29) is 0 Å². The topological polar surface area (TPSA) is 40.7 Å². The van der Waals surface area contributed by atoms with Gasteiger partial charge in [-0.25, -0.2) is 0 Å². The zero-order valence-electron chi connectivity index (χ0n) is 12.5. The molecule has 0 saturated carbocycles. The van der Waals surface area contributed by atoms with Crippen LogP contribution in [0.1, 0.15) is 28.1 Å². The Bertz CT molecular complexity index is 582. The van der Waals surface area contributed by atoms with Gasteiger partial charge >= 0.3 is 0 Å². The molecule has 1 heterocycles. The van der Waals surface area contributed by atoms with Crippen LogP contribution in [-0.4, -0.2) is 23.8 Å². The molecule has 102 valence electrons. The molecule has 1 aromatic heterocycles. The molecule has 19 heavy (non-hydrogen) atoms. The molecule has 1 aromatic carbocycles. The second-order valence-electron chi connectivity index (χ2n) is 5.28. The largest absolute Gasteiger partial charge is 0.319 e. The number of rotatable bonds is 4. The summed E-state index contributed by atoms with van der Waals surface area (Å²) in [7, 11) is 1.97. The van der Waals surface area contributed by atoms with E-state index in [1.807, 2.05) is 7.05 Å². The summed E-state index contributed by atoms with van der Waals surface area (Å²) in [6.07, 6.45) is 0.947. The molecule has 0 unspecified atom stereocenters. The molecular weight excluding hydrogens is 234 g/mol.